The van der Waals surface area contributed by atoms with Gasteiger partial charge in [0, 0.05) is 32.3 Å². The third-order valence-electron chi connectivity index (χ3n) is 4.50. The minimum absolute atomic E-state index is 0.0240. The zero-order valence-electron chi connectivity index (χ0n) is 14.6. The van der Waals surface area contributed by atoms with Crippen LogP contribution in [-0.2, 0) is 7.05 Å². The van der Waals surface area contributed by atoms with Crippen LogP contribution >= 0.6 is 0 Å². The van der Waals surface area contributed by atoms with Gasteiger partial charge in [0.05, 0.1) is 23.9 Å². The molecule has 25 heavy (non-hydrogen) atoms. The Morgan fingerprint density at radius 3 is 2.84 bits per heavy atom. The van der Waals surface area contributed by atoms with Crippen LogP contribution in [-0.4, -0.2) is 45.6 Å². The number of carbonyl (C=O) groups excluding carboxylic acids is 2. The number of nitrogens with zero attached hydrogens (tertiary/aromatic N) is 3. The number of benzene rings is 1. The SMILES string of the molecule is CCOc1ccccc1C(=O)N1CCCC1CC(=O)c1cnn(C)c1. The summed E-state index contributed by atoms with van der Waals surface area (Å²) in [5.41, 5.74) is 1.15. The molecule has 0 bridgehead atoms. The van der Waals surface area contributed by atoms with Crippen LogP contribution in [0, 0.1) is 0 Å². The number of hydrogen-bond acceptors (Lipinski definition) is 4. The molecule has 0 aliphatic carbocycles. The molecular weight excluding hydrogens is 318 g/mol. The molecule has 0 saturated carbocycles. The van der Waals surface area contributed by atoms with Gasteiger partial charge >= 0.3 is 0 Å². The van der Waals surface area contributed by atoms with Crippen molar-refractivity contribution in [2.75, 3.05) is 13.2 Å². The Labute approximate surface area is 147 Å². The number of rotatable bonds is 6. The van der Waals surface area contributed by atoms with Gasteiger partial charge in [-0.15, -0.1) is 0 Å². The summed E-state index contributed by atoms with van der Waals surface area (Å²) in [5.74, 6) is 0.556. The first-order valence-electron chi connectivity index (χ1n) is 8.64. The van der Waals surface area contributed by atoms with Gasteiger partial charge in [0.15, 0.2) is 5.78 Å². The van der Waals surface area contributed by atoms with E-state index in [1.165, 1.54) is 0 Å². The molecule has 1 amide bonds. The topological polar surface area (TPSA) is 64.4 Å². The second-order valence-corrected chi connectivity index (χ2v) is 6.25. The normalized spacial score (nSPS) is 16.9. The standard InChI is InChI=1S/C19H23N3O3/c1-3-25-18-9-5-4-8-16(18)19(24)22-10-6-7-15(22)11-17(23)14-12-20-21(2)13-14/h4-5,8-9,12-13,15H,3,6-7,10-11H2,1-2H3. The monoisotopic (exact) mass is 341 g/mol. The van der Waals surface area contributed by atoms with Crippen molar-refractivity contribution in [2.45, 2.75) is 32.2 Å². The van der Waals surface area contributed by atoms with Crippen molar-refractivity contribution in [3.8, 4) is 5.75 Å². The summed E-state index contributed by atoms with van der Waals surface area (Å²) in [4.78, 5) is 27.3. The third kappa shape index (κ3) is 3.73. The number of aryl methyl sites for hydroxylation is 1. The molecule has 3 rings (SSSR count). The van der Waals surface area contributed by atoms with Gasteiger partial charge in [-0.25, -0.2) is 0 Å². The number of amides is 1. The Balaban J connectivity index is 1.75. The Kier molecular flexibility index (Phi) is 5.16. The summed E-state index contributed by atoms with van der Waals surface area (Å²) in [7, 11) is 1.78. The van der Waals surface area contributed by atoms with Crippen LogP contribution in [0.25, 0.3) is 0 Å². The van der Waals surface area contributed by atoms with E-state index in [1.54, 1.807) is 30.2 Å². The molecule has 1 aromatic heterocycles. The predicted octanol–water partition coefficient (Wildman–Crippen LogP) is 2.70. The average Bonchev–Trinajstić information content (AvgIpc) is 3.24. The first-order chi connectivity index (χ1) is 12.1. The number of Topliss-reactive ketones (excluding diaryl/α,β-unsaturated/α-hetero) is 1. The second kappa shape index (κ2) is 7.51. The lowest BCUT2D eigenvalue weighted by Crippen LogP contribution is -2.37. The smallest absolute Gasteiger partial charge is 0.257 e. The molecule has 1 atom stereocenters. The Morgan fingerprint density at radius 2 is 2.12 bits per heavy atom. The van der Waals surface area contributed by atoms with E-state index >= 15 is 0 Å². The molecule has 1 aliphatic rings. The van der Waals surface area contributed by atoms with Crippen molar-refractivity contribution in [3.05, 3.63) is 47.8 Å². The summed E-state index contributed by atoms with van der Waals surface area (Å²) in [6.45, 7) is 3.07. The van der Waals surface area contributed by atoms with Crippen molar-refractivity contribution >= 4 is 11.7 Å². The quantitative estimate of drug-likeness (QED) is 0.758. The van der Waals surface area contributed by atoms with Gasteiger partial charge in [-0.2, -0.15) is 5.10 Å². The van der Waals surface area contributed by atoms with Crippen molar-refractivity contribution in [2.24, 2.45) is 7.05 Å². The molecule has 0 N–H and O–H groups in total. The first kappa shape index (κ1) is 17.2. The van der Waals surface area contributed by atoms with Crippen molar-refractivity contribution in [3.63, 3.8) is 0 Å². The molecule has 0 radical (unpaired) electrons. The molecule has 1 fully saturated rings. The summed E-state index contributed by atoms with van der Waals surface area (Å²) in [5, 5.41) is 4.04. The van der Waals surface area contributed by atoms with Crippen LogP contribution in [0.4, 0.5) is 0 Å². The zero-order chi connectivity index (χ0) is 17.8. The van der Waals surface area contributed by atoms with E-state index in [1.807, 2.05) is 30.0 Å². The number of carbonyl (C=O) groups is 2. The van der Waals surface area contributed by atoms with Gasteiger partial charge in [-0.3, -0.25) is 14.3 Å². The number of para-hydroxylation sites is 1. The average molecular weight is 341 g/mol. The summed E-state index contributed by atoms with van der Waals surface area (Å²) < 4.78 is 7.19. The number of likely N-dealkylation sites (tertiary alicyclic amines) is 1. The highest BCUT2D eigenvalue weighted by Crippen LogP contribution is 2.27. The number of ether oxygens (including phenoxy) is 1. The highest BCUT2D eigenvalue weighted by atomic mass is 16.5. The van der Waals surface area contributed by atoms with Crippen molar-refractivity contribution < 1.29 is 14.3 Å². The Morgan fingerprint density at radius 1 is 1.32 bits per heavy atom. The fraction of sp³-hybridized carbons (Fsp3) is 0.421. The van der Waals surface area contributed by atoms with Gasteiger partial charge in [0.1, 0.15) is 5.75 Å². The fourth-order valence-electron chi connectivity index (χ4n) is 3.29. The second-order valence-electron chi connectivity index (χ2n) is 6.25. The van der Waals surface area contributed by atoms with Gasteiger partial charge in [0.25, 0.3) is 5.91 Å². The Bertz CT molecular complexity index is 769. The number of ketones is 1. The summed E-state index contributed by atoms with van der Waals surface area (Å²) >= 11 is 0. The third-order valence-corrected chi connectivity index (χ3v) is 4.50. The minimum atomic E-state index is -0.0742. The van der Waals surface area contributed by atoms with Crippen LogP contribution in [0.1, 0.15) is 46.9 Å². The summed E-state index contributed by atoms with van der Waals surface area (Å²) in [6, 6.07) is 7.21. The highest BCUT2D eigenvalue weighted by Gasteiger charge is 2.32. The van der Waals surface area contributed by atoms with Gasteiger partial charge < -0.3 is 9.64 Å². The molecule has 6 heteroatoms. The number of hydrogen-bond donors (Lipinski definition) is 0. The van der Waals surface area contributed by atoms with Crippen LogP contribution < -0.4 is 4.74 Å². The molecule has 1 unspecified atom stereocenters. The van der Waals surface area contributed by atoms with E-state index in [0.29, 0.717) is 36.4 Å². The maximum Gasteiger partial charge on any atom is 0.257 e. The fourth-order valence-corrected chi connectivity index (χ4v) is 3.29. The maximum absolute atomic E-state index is 13.0. The van der Waals surface area contributed by atoms with Gasteiger partial charge in [0.2, 0.25) is 0 Å². The largest absolute Gasteiger partial charge is 0.493 e. The Hall–Kier alpha value is -2.63. The minimum Gasteiger partial charge on any atom is -0.493 e. The van der Waals surface area contributed by atoms with E-state index < -0.39 is 0 Å². The molecule has 1 saturated heterocycles. The molecule has 0 spiro atoms. The van der Waals surface area contributed by atoms with Gasteiger partial charge in [-0.1, -0.05) is 12.1 Å². The molecule has 6 nitrogen and oxygen atoms in total. The van der Waals surface area contributed by atoms with E-state index in [9.17, 15) is 9.59 Å². The predicted molar refractivity (Wildman–Crippen MR) is 93.8 cm³/mol. The van der Waals surface area contributed by atoms with Crippen LogP contribution in [0.5, 0.6) is 5.75 Å². The molecule has 2 aromatic rings. The zero-order valence-corrected chi connectivity index (χ0v) is 14.6. The van der Waals surface area contributed by atoms with E-state index in [-0.39, 0.29) is 17.7 Å². The maximum atomic E-state index is 13.0. The van der Waals surface area contributed by atoms with Crippen molar-refractivity contribution in [1.82, 2.24) is 14.7 Å². The molecule has 2 heterocycles. The van der Waals surface area contributed by atoms with Gasteiger partial charge in [-0.05, 0) is 31.9 Å². The van der Waals surface area contributed by atoms with E-state index in [0.717, 1.165) is 12.8 Å². The molecule has 1 aromatic carbocycles. The van der Waals surface area contributed by atoms with Crippen molar-refractivity contribution in [1.29, 1.82) is 0 Å². The van der Waals surface area contributed by atoms with Crippen LogP contribution in [0.3, 0.4) is 0 Å². The summed E-state index contributed by atoms with van der Waals surface area (Å²) in [6.07, 6.45) is 5.37. The highest BCUT2D eigenvalue weighted by molar-refractivity contribution is 5.99. The van der Waals surface area contributed by atoms with E-state index in [4.69, 9.17) is 4.74 Å². The number of aromatic nitrogens is 2. The molecule has 132 valence electrons. The first-order valence-corrected chi connectivity index (χ1v) is 8.64. The lowest BCUT2D eigenvalue weighted by molar-refractivity contribution is 0.0713. The molecular formula is C19H23N3O3. The molecule has 1 aliphatic heterocycles. The van der Waals surface area contributed by atoms with Crippen LogP contribution in [0.2, 0.25) is 0 Å². The lowest BCUT2D eigenvalue weighted by atomic mass is 10.0. The van der Waals surface area contributed by atoms with E-state index in [2.05, 4.69) is 5.10 Å². The lowest BCUT2D eigenvalue weighted by Gasteiger charge is -2.25. The van der Waals surface area contributed by atoms with Crippen LogP contribution in [0.15, 0.2) is 36.7 Å².